The molecule has 0 aliphatic heterocycles. The predicted molar refractivity (Wildman–Crippen MR) is 82.8 cm³/mol. The average molecular weight is 358 g/mol. The van der Waals surface area contributed by atoms with Crippen molar-refractivity contribution in [2.75, 3.05) is 11.9 Å². The van der Waals surface area contributed by atoms with E-state index in [0.717, 1.165) is 18.2 Å². The second-order valence-electron chi connectivity index (χ2n) is 5.36. The average Bonchev–Trinajstić information content (AvgIpc) is 2.52. The molecule has 2 aromatic rings. The molecule has 0 bridgehead atoms. The van der Waals surface area contributed by atoms with E-state index in [1.54, 1.807) is 6.92 Å². The Bertz CT molecular complexity index is 761. The van der Waals surface area contributed by atoms with Crippen molar-refractivity contribution >= 4 is 11.6 Å². The molecule has 134 valence electrons. The van der Waals surface area contributed by atoms with Crippen LogP contribution in [0.25, 0.3) is 0 Å². The molecule has 0 saturated heterocycles. The smallest absolute Gasteiger partial charge is 0.324 e. The van der Waals surface area contributed by atoms with Gasteiger partial charge in [-0.3, -0.25) is 4.79 Å². The number of halogens is 5. The summed E-state index contributed by atoms with van der Waals surface area (Å²) in [4.78, 5) is 11.9. The molecule has 1 atom stereocenters. The number of carbonyl (C=O) groups is 1. The number of hydrogen-bond donors (Lipinski definition) is 2. The second-order valence-corrected chi connectivity index (χ2v) is 5.36. The van der Waals surface area contributed by atoms with Crippen LogP contribution in [0.4, 0.5) is 27.6 Å². The van der Waals surface area contributed by atoms with E-state index in [1.165, 1.54) is 18.2 Å². The van der Waals surface area contributed by atoms with Crippen LogP contribution in [0.3, 0.4) is 0 Å². The third-order valence-corrected chi connectivity index (χ3v) is 3.50. The van der Waals surface area contributed by atoms with Gasteiger partial charge in [-0.25, -0.2) is 8.78 Å². The molecule has 0 aromatic heterocycles. The Balaban J connectivity index is 2.00. The van der Waals surface area contributed by atoms with Gasteiger partial charge >= 0.3 is 6.18 Å². The zero-order valence-electron chi connectivity index (χ0n) is 13.1. The van der Waals surface area contributed by atoms with E-state index in [2.05, 4.69) is 10.6 Å². The van der Waals surface area contributed by atoms with E-state index < -0.39 is 35.3 Å². The van der Waals surface area contributed by atoms with E-state index >= 15 is 0 Å². The third-order valence-electron chi connectivity index (χ3n) is 3.50. The molecule has 0 fully saturated rings. The van der Waals surface area contributed by atoms with Gasteiger partial charge < -0.3 is 10.6 Å². The number of nitrogens with one attached hydrogen (secondary N) is 2. The quantitative estimate of drug-likeness (QED) is 0.784. The number of benzene rings is 2. The second kappa shape index (κ2) is 7.60. The Labute approximate surface area is 140 Å². The third kappa shape index (κ3) is 4.99. The summed E-state index contributed by atoms with van der Waals surface area (Å²) in [6.07, 6.45) is -4.60. The van der Waals surface area contributed by atoms with Crippen LogP contribution >= 0.6 is 0 Å². The highest BCUT2D eigenvalue weighted by atomic mass is 19.4. The van der Waals surface area contributed by atoms with E-state index in [0.29, 0.717) is 6.07 Å². The van der Waals surface area contributed by atoms with Gasteiger partial charge in [0.15, 0.2) is 0 Å². The highest BCUT2D eigenvalue weighted by Crippen LogP contribution is 2.34. The van der Waals surface area contributed by atoms with Crippen LogP contribution in [-0.2, 0) is 11.0 Å². The number of carbonyl (C=O) groups excluding carboxylic acids is 1. The van der Waals surface area contributed by atoms with Gasteiger partial charge in [-0.15, -0.1) is 0 Å². The lowest BCUT2D eigenvalue weighted by molar-refractivity contribution is -0.137. The summed E-state index contributed by atoms with van der Waals surface area (Å²) in [6.45, 7) is 1.21. The fourth-order valence-electron chi connectivity index (χ4n) is 2.24. The summed E-state index contributed by atoms with van der Waals surface area (Å²) in [6, 6.07) is 6.99. The van der Waals surface area contributed by atoms with E-state index in [1.807, 2.05) is 0 Å². The first kappa shape index (κ1) is 18.9. The number of anilines is 1. The summed E-state index contributed by atoms with van der Waals surface area (Å²) in [5.74, 6) is -2.22. The van der Waals surface area contributed by atoms with Gasteiger partial charge in [0.25, 0.3) is 0 Å². The fourth-order valence-corrected chi connectivity index (χ4v) is 2.24. The Hall–Kier alpha value is -2.48. The fraction of sp³-hybridized carbons (Fsp3) is 0.235. The summed E-state index contributed by atoms with van der Waals surface area (Å²) in [7, 11) is 0. The number of alkyl halides is 3. The van der Waals surface area contributed by atoms with Crippen molar-refractivity contribution in [3.05, 3.63) is 65.2 Å². The van der Waals surface area contributed by atoms with Crippen LogP contribution in [0.5, 0.6) is 0 Å². The lowest BCUT2D eigenvalue weighted by Gasteiger charge is -2.16. The van der Waals surface area contributed by atoms with Gasteiger partial charge in [0.05, 0.1) is 17.8 Å². The van der Waals surface area contributed by atoms with Gasteiger partial charge in [0, 0.05) is 17.7 Å². The van der Waals surface area contributed by atoms with Crippen LogP contribution in [0.2, 0.25) is 0 Å². The van der Waals surface area contributed by atoms with Gasteiger partial charge in [-0.2, -0.15) is 13.2 Å². The van der Waals surface area contributed by atoms with Gasteiger partial charge in [0.1, 0.15) is 11.6 Å². The Morgan fingerprint density at radius 3 is 2.44 bits per heavy atom. The molecule has 2 N–H and O–H groups in total. The van der Waals surface area contributed by atoms with Crippen LogP contribution in [0.15, 0.2) is 42.5 Å². The normalized spacial score (nSPS) is 12.7. The molecular weight excluding hydrogens is 343 g/mol. The molecule has 25 heavy (non-hydrogen) atoms. The topological polar surface area (TPSA) is 41.1 Å². The lowest BCUT2D eigenvalue weighted by atomic mass is 10.1. The number of hydrogen-bond acceptors (Lipinski definition) is 2. The molecule has 0 aliphatic carbocycles. The Kier molecular flexibility index (Phi) is 5.73. The molecule has 3 nitrogen and oxygen atoms in total. The first-order valence-electron chi connectivity index (χ1n) is 7.33. The van der Waals surface area contributed by atoms with Gasteiger partial charge in [-0.1, -0.05) is 18.2 Å². The molecule has 0 unspecified atom stereocenters. The number of rotatable bonds is 5. The monoisotopic (exact) mass is 358 g/mol. The van der Waals surface area contributed by atoms with Crippen molar-refractivity contribution in [1.82, 2.24) is 5.32 Å². The molecule has 0 aliphatic rings. The van der Waals surface area contributed by atoms with Crippen molar-refractivity contribution < 1.29 is 26.7 Å². The molecule has 2 rings (SSSR count). The zero-order chi connectivity index (χ0) is 18.6. The van der Waals surface area contributed by atoms with Crippen LogP contribution in [0, 0.1) is 11.6 Å². The molecule has 0 radical (unpaired) electrons. The number of amides is 1. The Morgan fingerprint density at radius 1 is 1.12 bits per heavy atom. The maximum absolute atomic E-state index is 13.7. The zero-order valence-corrected chi connectivity index (χ0v) is 13.1. The van der Waals surface area contributed by atoms with Gasteiger partial charge in [0.2, 0.25) is 5.91 Å². The molecule has 0 heterocycles. The predicted octanol–water partition coefficient (Wildman–Crippen LogP) is 4.27. The Morgan fingerprint density at radius 2 is 1.80 bits per heavy atom. The molecular formula is C17H15F5N2O. The van der Waals surface area contributed by atoms with Gasteiger partial charge in [-0.05, 0) is 25.1 Å². The summed E-state index contributed by atoms with van der Waals surface area (Å²) in [5.41, 5.74) is -1.17. The van der Waals surface area contributed by atoms with Crippen molar-refractivity contribution in [1.29, 1.82) is 0 Å². The lowest BCUT2D eigenvalue weighted by Crippen LogP contribution is -2.31. The highest BCUT2D eigenvalue weighted by molar-refractivity contribution is 5.93. The minimum Gasteiger partial charge on any atom is -0.324 e. The van der Waals surface area contributed by atoms with Crippen molar-refractivity contribution in [3.63, 3.8) is 0 Å². The summed E-state index contributed by atoms with van der Waals surface area (Å²) >= 11 is 0. The standard InChI is InChI=1S/C17H15F5N2O/c1-10(12-7-6-11(18)8-14(12)19)23-9-16(25)24-15-5-3-2-4-13(15)17(20,21)22/h2-8,10,23H,9H2,1H3,(H,24,25)/t10-/m1/s1. The summed E-state index contributed by atoms with van der Waals surface area (Å²) < 4.78 is 65.2. The van der Waals surface area contributed by atoms with Crippen molar-refractivity contribution in [2.45, 2.75) is 19.1 Å². The number of para-hydroxylation sites is 1. The van der Waals surface area contributed by atoms with E-state index in [9.17, 15) is 26.7 Å². The molecule has 8 heteroatoms. The SMILES string of the molecule is C[C@@H](NCC(=O)Nc1ccccc1C(F)(F)F)c1ccc(F)cc1F. The highest BCUT2D eigenvalue weighted by Gasteiger charge is 2.33. The van der Waals surface area contributed by atoms with E-state index in [-0.39, 0.29) is 17.8 Å². The first-order chi connectivity index (χ1) is 11.7. The molecule has 1 amide bonds. The minimum absolute atomic E-state index is 0.143. The first-order valence-corrected chi connectivity index (χ1v) is 7.33. The maximum Gasteiger partial charge on any atom is 0.418 e. The van der Waals surface area contributed by atoms with E-state index in [4.69, 9.17) is 0 Å². The van der Waals surface area contributed by atoms with Crippen LogP contribution in [-0.4, -0.2) is 12.5 Å². The largest absolute Gasteiger partial charge is 0.418 e. The molecule has 0 spiro atoms. The van der Waals surface area contributed by atoms with Crippen molar-refractivity contribution in [2.24, 2.45) is 0 Å². The van der Waals surface area contributed by atoms with Crippen molar-refractivity contribution in [3.8, 4) is 0 Å². The summed E-state index contributed by atoms with van der Waals surface area (Å²) in [5, 5.41) is 4.85. The molecule has 2 aromatic carbocycles. The van der Waals surface area contributed by atoms with Crippen LogP contribution in [0.1, 0.15) is 24.1 Å². The maximum atomic E-state index is 13.7. The molecule has 0 saturated carbocycles. The minimum atomic E-state index is -4.60. The van der Waals surface area contributed by atoms with Crippen LogP contribution < -0.4 is 10.6 Å².